The van der Waals surface area contributed by atoms with Crippen LogP contribution in [0.15, 0.2) is 117 Å². The van der Waals surface area contributed by atoms with Crippen LogP contribution in [0.4, 0.5) is 24.5 Å². The van der Waals surface area contributed by atoms with Crippen LogP contribution in [0.1, 0.15) is 56.0 Å². The molecule has 0 unspecified atom stereocenters. The standard InChI is InChI=1S/C41H44ClF3N4O3S3.C6H14N2/c1-40(2)19-18-36(29-8-12-32(42)13-9-29)31(27-40)28-48-21-23-49(24-22-48)33-14-10-30(11-15-33)39(50)47-54-35-16-17-37(38(26-35)55(51,52)41(43,44)45)46-20-25-53-34-6-4-3-5-7-34;1-2-8-5-3-7-4-6-8/h3-17,26,46H,18-25,27-28H2,1-2H3,(H,47,50);7H,2-6H2,1H3. The van der Waals surface area contributed by atoms with Gasteiger partial charge in [-0.3, -0.25) is 14.4 Å². The number of piperazine rings is 2. The van der Waals surface area contributed by atoms with Gasteiger partial charge in [-0.05, 0) is 121 Å². The minimum absolute atomic E-state index is 0.141. The SMILES string of the molecule is CC1(C)CCC(c2ccc(Cl)cc2)=C(CN2CCN(c3ccc(C(=O)NSc4ccc(NCCSc5ccccc5)c(S(=O)(=O)C(F)(F)F)c4)cc3)CC2)C1.CCN1CCNCC1. The Morgan fingerprint density at radius 3 is 2.17 bits per heavy atom. The average Bonchev–Trinajstić information content (AvgIpc) is 3.28. The number of allylic oxidation sites excluding steroid dienone is 1. The quantitative estimate of drug-likeness (QED) is 0.0645. The summed E-state index contributed by atoms with van der Waals surface area (Å²) in [6.45, 7) is 17.6. The second-order valence-corrected chi connectivity index (χ2v) is 21.0. The van der Waals surface area contributed by atoms with Gasteiger partial charge in [0.2, 0.25) is 0 Å². The average molecular weight is 944 g/mol. The molecule has 3 aliphatic rings. The number of nitrogens with one attached hydrogen (secondary N) is 3. The van der Waals surface area contributed by atoms with Crippen LogP contribution in [0.5, 0.6) is 0 Å². The van der Waals surface area contributed by atoms with E-state index >= 15 is 0 Å². The second kappa shape index (κ2) is 22.5. The van der Waals surface area contributed by atoms with Gasteiger partial charge in [-0.15, -0.1) is 11.8 Å². The number of rotatable bonds is 14. The fraction of sp³-hybridized carbons (Fsp3) is 0.426. The number of likely N-dealkylation sites (N-methyl/N-ethyl adjacent to an activating group) is 1. The van der Waals surface area contributed by atoms with Crippen molar-refractivity contribution < 1.29 is 26.4 Å². The summed E-state index contributed by atoms with van der Waals surface area (Å²) in [5.74, 6) is 0.0441. The van der Waals surface area contributed by atoms with Gasteiger partial charge in [-0.1, -0.05) is 68.3 Å². The molecule has 16 heteroatoms. The zero-order valence-corrected chi connectivity index (χ0v) is 39.4. The van der Waals surface area contributed by atoms with Crippen molar-refractivity contribution in [2.45, 2.75) is 60.2 Å². The van der Waals surface area contributed by atoms with Crippen LogP contribution in [-0.2, 0) is 9.84 Å². The summed E-state index contributed by atoms with van der Waals surface area (Å²) in [6, 6.07) is 28.6. The summed E-state index contributed by atoms with van der Waals surface area (Å²) in [5.41, 5.74) is 0.177. The minimum atomic E-state index is -5.67. The molecule has 4 aromatic carbocycles. The highest BCUT2D eigenvalue weighted by atomic mass is 35.5. The third-order valence-corrected chi connectivity index (χ3v) is 15.1. The molecule has 0 aromatic heterocycles. The Bertz CT molecular complexity index is 2250. The summed E-state index contributed by atoms with van der Waals surface area (Å²) in [7, 11) is -5.67. The lowest BCUT2D eigenvalue weighted by molar-refractivity contribution is -0.0435. The highest BCUT2D eigenvalue weighted by Gasteiger charge is 2.48. The number of nitrogens with zero attached hydrogens (tertiary/aromatic N) is 3. The predicted molar refractivity (Wildman–Crippen MR) is 255 cm³/mol. The minimum Gasteiger partial charge on any atom is -0.383 e. The second-order valence-electron chi connectivity index (χ2n) is 16.7. The van der Waals surface area contributed by atoms with Crippen molar-refractivity contribution in [1.82, 2.24) is 19.8 Å². The Labute approximate surface area is 384 Å². The molecular weight excluding hydrogens is 885 g/mol. The Hall–Kier alpha value is -3.70. The maximum atomic E-state index is 13.7. The van der Waals surface area contributed by atoms with Gasteiger partial charge in [-0.2, -0.15) is 13.2 Å². The maximum Gasteiger partial charge on any atom is 0.501 e. The van der Waals surface area contributed by atoms with Crippen molar-refractivity contribution in [3.63, 3.8) is 0 Å². The molecule has 340 valence electrons. The number of sulfone groups is 1. The van der Waals surface area contributed by atoms with Crippen molar-refractivity contribution in [2.24, 2.45) is 5.41 Å². The third kappa shape index (κ3) is 13.9. The van der Waals surface area contributed by atoms with Gasteiger partial charge in [0.1, 0.15) is 4.90 Å². The zero-order chi connectivity index (χ0) is 45.0. The summed E-state index contributed by atoms with van der Waals surface area (Å²) in [4.78, 5) is 20.6. The summed E-state index contributed by atoms with van der Waals surface area (Å²) in [5, 5.41) is 6.88. The molecular formula is C47H58ClF3N6O3S3. The van der Waals surface area contributed by atoms with Gasteiger partial charge >= 0.3 is 5.51 Å². The van der Waals surface area contributed by atoms with Gasteiger partial charge in [0.25, 0.3) is 15.7 Å². The smallest absolute Gasteiger partial charge is 0.383 e. The molecule has 0 atom stereocenters. The Morgan fingerprint density at radius 2 is 1.54 bits per heavy atom. The van der Waals surface area contributed by atoms with Crippen molar-refractivity contribution in [1.29, 1.82) is 0 Å². The number of anilines is 2. The van der Waals surface area contributed by atoms with E-state index in [0.717, 1.165) is 85.6 Å². The van der Waals surface area contributed by atoms with Crippen molar-refractivity contribution in [3.05, 3.63) is 119 Å². The molecule has 3 N–H and O–H groups in total. The molecule has 2 aliphatic heterocycles. The van der Waals surface area contributed by atoms with E-state index in [-0.39, 0.29) is 22.5 Å². The van der Waals surface area contributed by atoms with Crippen LogP contribution in [0.3, 0.4) is 0 Å². The predicted octanol–water partition coefficient (Wildman–Crippen LogP) is 9.97. The number of carbonyl (C=O) groups is 1. The van der Waals surface area contributed by atoms with Crippen LogP contribution >= 0.6 is 35.3 Å². The van der Waals surface area contributed by atoms with Gasteiger partial charge in [0.05, 0.1) is 5.69 Å². The van der Waals surface area contributed by atoms with Crippen molar-refractivity contribution in [3.8, 4) is 0 Å². The number of carbonyl (C=O) groups excluding carboxylic acids is 1. The molecule has 2 saturated heterocycles. The molecule has 9 nitrogen and oxygen atoms in total. The molecule has 0 saturated carbocycles. The van der Waals surface area contributed by atoms with E-state index in [1.807, 2.05) is 54.6 Å². The maximum absolute atomic E-state index is 13.7. The molecule has 4 aromatic rings. The highest BCUT2D eigenvalue weighted by Crippen LogP contribution is 2.43. The fourth-order valence-corrected chi connectivity index (χ4v) is 10.5. The van der Waals surface area contributed by atoms with E-state index in [9.17, 15) is 26.4 Å². The first kappa shape index (κ1) is 48.7. The molecule has 0 spiro atoms. The number of thioether (sulfide) groups is 1. The van der Waals surface area contributed by atoms with E-state index in [4.69, 9.17) is 11.6 Å². The van der Waals surface area contributed by atoms with Gasteiger partial charge in [0, 0.05) is 97.3 Å². The monoisotopic (exact) mass is 942 g/mol. The van der Waals surface area contributed by atoms with E-state index in [1.54, 1.807) is 12.1 Å². The van der Waals surface area contributed by atoms with Crippen LogP contribution in [-0.4, -0.2) is 107 Å². The van der Waals surface area contributed by atoms with Crippen LogP contribution < -0.4 is 20.3 Å². The molecule has 2 heterocycles. The topological polar surface area (TPSA) is 97.0 Å². The first-order chi connectivity index (χ1) is 30.1. The highest BCUT2D eigenvalue weighted by molar-refractivity contribution is 7.99. The largest absolute Gasteiger partial charge is 0.501 e. The van der Waals surface area contributed by atoms with E-state index < -0.39 is 26.1 Å². The van der Waals surface area contributed by atoms with Crippen molar-refractivity contribution >= 4 is 68.0 Å². The van der Waals surface area contributed by atoms with Gasteiger partial charge in [0.15, 0.2) is 0 Å². The number of hydrogen-bond acceptors (Lipinski definition) is 10. The molecule has 0 bridgehead atoms. The number of amides is 1. The van der Waals surface area contributed by atoms with Crippen LogP contribution in [0.2, 0.25) is 5.02 Å². The summed E-state index contributed by atoms with van der Waals surface area (Å²) >= 11 is 8.42. The fourth-order valence-electron chi connectivity index (χ4n) is 7.94. The molecule has 0 radical (unpaired) electrons. The van der Waals surface area contributed by atoms with E-state index in [0.29, 0.717) is 11.3 Å². The van der Waals surface area contributed by atoms with E-state index in [2.05, 4.69) is 63.0 Å². The number of halogens is 4. The Kier molecular flexibility index (Phi) is 17.4. The van der Waals surface area contributed by atoms with Gasteiger partial charge in [-0.25, -0.2) is 8.42 Å². The Balaban J connectivity index is 0.000000743. The third-order valence-electron chi connectivity index (χ3n) is 11.5. The number of benzene rings is 4. The lowest BCUT2D eigenvalue weighted by atomic mass is 9.73. The molecule has 1 amide bonds. The van der Waals surface area contributed by atoms with Crippen molar-refractivity contribution in [2.75, 3.05) is 88.0 Å². The zero-order valence-electron chi connectivity index (χ0n) is 36.1. The normalized spacial score (nSPS) is 17.5. The lowest BCUT2D eigenvalue weighted by Crippen LogP contribution is -2.47. The van der Waals surface area contributed by atoms with E-state index in [1.165, 1.54) is 73.3 Å². The van der Waals surface area contributed by atoms with Crippen LogP contribution in [0.25, 0.3) is 5.57 Å². The summed E-state index contributed by atoms with van der Waals surface area (Å²) in [6.07, 6.45) is 3.28. The summed E-state index contributed by atoms with van der Waals surface area (Å²) < 4.78 is 68.7. The molecule has 63 heavy (non-hydrogen) atoms. The van der Waals surface area contributed by atoms with Gasteiger partial charge < -0.3 is 20.4 Å². The molecule has 7 rings (SSSR count). The first-order valence-electron chi connectivity index (χ1n) is 21.4. The molecule has 2 fully saturated rings. The first-order valence-corrected chi connectivity index (χ1v) is 25.1. The lowest BCUT2D eigenvalue weighted by Gasteiger charge is -2.39. The number of hydrogen-bond donors (Lipinski definition) is 3. The Morgan fingerprint density at radius 1 is 0.857 bits per heavy atom. The number of alkyl halides is 3. The van der Waals surface area contributed by atoms with Crippen LogP contribution in [0, 0.1) is 5.41 Å². The molecule has 1 aliphatic carbocycles.